The fraction of sp³-hybridized carbons (Fsp3) is 0.333. The van der Waals surface area contributed by atoms with Crippen molar-refractivity contribution in [3.05, 3.63) is 108 Å². The summed E-state index contributed by atoms with van der Waals surface area (Å²) >= 11 is 0. The SMILES string of the molecule is CC1c2cnc(-c3ncccn3)nc2CCN1c1cc(F)cc(N2CCNC(=O)C2)n1.CC1c2cnc(-c3ncccn3)nc2CCN1c1cc(N2CCNC(=O)C2)cc(F)n1. The highest BCUT2D eigenvalue weighted by Gasteiger charge is 2.30. The highest BCUT2D eigenvalue weighted by Crippen LogP contribution is 2.35. The minimum Gasteiger partial charge on any atom is -0.360 e. The van der Waals surface area contributed by atoms with Crippen molar-refractivity contribution in [2.45, 2.75) is 38.8 Å². The standard InChI is InChI=1S/2C21H21FN8O/c1-13-15-11-26-21(20-24-4-2-5-25-20)27-16(15)3-7-30(13)18-10-14(9-17(22)28-18)29-8-6-23-19(31)12-29;1-13-15-11-26-21(20-24-4-2-5-25-20)27-16(15)3-7-30(13)18-10-14(22)9-17(28-18)29-8-6-23-19(31)12-29/h2*2,4-5,9-11,13H,3,6-8,12H2,1H3,(H,23,31). The number of hydrogen-bond acceptors (Lipinski definition) is 16. The second-order valence-electron chi connectivity index (χ2n) is 15.1. The molecule has 0 aromatic carbocycles. The molecule has 0 saturated carbocycles. The third-order valence-corrected chi connectivity index (χ3v) is 11.2. The van der Waals surface area contributed by atoms with Crippen LogP contribution < -0.4 is 30.2 Å². The maximum atomic E-state index is 14.5. The van der Waals surface area contributed by atoms with Gasteiger partial charge in [-0.25, -0.2) is 54.2 Å². The number of halogens is 2. The zero-order valence-electron chi connectivity index (χ0n) is 34.0. The van der Waals surface area contributed by atoms with Gasteiger partial charge in [0.1, 0.15) is 23.3 Å². The lowest BCUT2D eigenvalue weighted by Gasteiger charge is -2.36. The fourth-order valence-corrected chi connectivity index (χ4v) is 8.07. The minimum absolute atomic E-state index is 0.0689. The van der Waals surface area contributed by atoms with E-state index in [0.717, 1.165) is 22.5 Å². The second kappa shape index (κ2) is 17.3. The van der Waals surface area contributed by atoms with Crippen LogP contribution in [0.4, 0.5) is 31.9 Å². The van der Waals surface area contributed by atoms with Gasteiger partial charge < -0.3 is 30.2 Å². The quantitative estimate of drug-likeness (QED) is 0.232. The Morgan fingerprint density at radius 1 is 0.565 bits per heavy atom. The molecule has 4 aliphatic heterocycles. The normalized spacial score (nSPS) is 18.5. The summed E-state index contributed by atoms with van der Waals surface area (Å²) in [6.07, 6.45) is 11.6. The molecule has 18 nitrogen and oxygen atoms in total. The number of nitrogens with zero attached hydrogens (tertiary/aromatic N) is 14. The van der Waals surface area contributed by atoms with Gasteiger partial charge in [-0.2, -0.15) is 4.39 Å². The lowest BCUT2D eigenvalue weighted by Crippen LogP contribution is -2.48. The summed E-state index contributed by atoms with van der Waals surface area (Å²) in [6.45, 7) is 7.99. The highest BCUT2D eigenvalue weighted by molar-refractivity contribution is 5.83. The number of rotatable bonds is 6. The van der Waals surface area contributed by atoms with E-state index in [9.17, 15) is 18.4 Å². The molecule has 0 aliphatic carbocycles. The van der Waals surface area contributed by atoms with Crippen molar-refractivity contribution >= 4 is 35.0 Å². The third kappa shape index (κ3) is 8.48. The molecule has 2 amide bonds. The topological polar surface area (TPSA) is 200 Å². The van der Waals surface area contributed by atoms with E-state index in [2.05, 4.69) is 60.5 Å². The molecule has 10 heterocycles. The van der Waals surface area contributed by atoms with Crippen LogP contribution in [-0.2, 0) is 22.4 Å². The van der Waals surface area contributed by atoms with Crippen LogP contribution in [0.5, 0.6) is 0 Å². The Morgan fingerprint density at radius 2 is 1.06 bits per heavy atom. The molecule has 0 spiro atoms. The van der Waals surface area contributed by atoms with Crippen LogP contribution in [0.1, 0.15) is 48.4 Å². The van der Waals surface area contributed by atoms with Crippen molar-refractivity contribution in [3.8, 4) is 23.3 Å². The first-order valence-electron chi connectivity index (χ1n) is 20.3. The summed E-state index contributed by atoms with van der Waals surface area (Å²) in [7, 11) is 0. The van der Waals surface area contributed by atoms with E-state index in [1.54, 1.807) is 54.2 Å². The van der Waals surface area contributed by atoms with Gasteiger partial charge in [0, 0.05) is 130 Å². The van der Waals surface area contributed by atoms with Crippen LogP contribution in [-0.4, -0.2) is 114 Å². The number of fused-ring (bicyclic) bond motifs is 2. The predicted molar refractivity (Wildman–Crippen MR) is 224 cm³/mol. The molecule has 6 aromatic rings. The largest absolute Gasteiger partial charge is 0.360 e. The van der Waals surface area contributed by atoms with Gasteiger partial charge in [-0.15, -0.1) is 0 Å². The molecular formula is C42H42F2N16O2. The Balaban J connectivity index is 0.000000158. The Kier molecular flexibility index (Phi) is 11.2. The van der Waals surface area contributed by atoms with Gasteiger partial charge in [0.25, 0.3) is 0 Å². The van der Waals surface area contributed by atoms with E-state index in [1.807, 2.05) is 34.6 Å². The summed E-state index contributed by atoms with van der Waals surface area (Å²) < 4.78 is 28.9. The second-order valence-corrected chi connectivity index (χ2v) is 15.1. The van der Waals surface area contributed by atoms with Gasteiger partial charge in [-0.1, -0.05) is 0 Å². The fourth-order valence-electron chi connectivity index (χ4n) is 8.07. The zero-order chi connectivity index (χ0) is 42.7. The number of aromatic nitrogens is 10. The first-order valence-corrected chi connectivity index (χ1v) is 20.3. The van der Waals surface area contributed by atoms with E-state index >= 15 is 0 Å². The van der Waals surface area contributed by atoms with Crippen molar-refractivity contribution in [2.75, 3.05) is 72.0 Å². The number of carbonyl (C=O) groups is 2. The Bertz CT molecular complexity index is 2430. The lowest BCUT2D eigenvalue weighted by atomic mass is 9.99. The van der Waals surface area contributed by atoms with Gasteiger partial charge >= 0.3 is 0 Å². The van der Waals surface area contributed by atoms with Crippen molar-refractivity contribution < 1.29 is 18.4 Å². The number of anilines is 4. The maximum Gasteiger partial charge on any atom is 0.239 e. The molecule has 2 atom stereocenters. The molecule has 20 heteroatoms. The highest BCUT2D eigenvalue weighted by atomic mass is 19.1. The van der Waals surface area contributed by atoms with Crippen molar-refractivity contribution in [1.29, 1.82) is 0 Å². The molecule has 62 heavy (non-hydrogen) atoms. The number of amides is 2. The molecule has 316 valence electrons. The van der Waals surface area contributed by atoms with Crippen LogP contribution in [0.15, 0.2) is 73.6 Å². The summed E-state index contributed by atoms with van der Waals surface area (Å²) in [5, 5.41) is 5.56. The van der Waals surface area contributed by atoms with E-state index in [-0.39, 0.29) is 42.8 Å². The van der Waals surface area contributed by atoms with Gasteiger partial charge in [-0.3, -0.25) is 9.59 Å². The van der Waals surface area contributed by atoms with E-state index < -0.39 is 5.95 Å². The number of hydrogen-bond donors (Lipinski definition) is 2. The molecule has 4 aliphatic rings. The van der Waals surface area contributed by atoms with Crippen LogP contribution in [0.3, 0.4) is 0 Å². The summed E-state index contributed by atoms with van der Waals surface area (Å²) in [5.41, 5.74) is 4.46. The predicted octanol–water partition coefficient (Wildman–Crippen LogP) is 3.06. The smallest absolute Gasteiger partial charge is 0.239 e. The molecule has 2 saturated heterocycles. The maximum absolute atomic E-state index is 14.5. The molecule has 6 aromatic heterocycles. The molecule has 2 fully saturated rings. The number of carbonyl (C=O) groups excluding carboxylic acids is 2. The average Bonchev–Trinajstić information content (AvgIpc) is 3.29. The number of nitrogens with one attached hydrogen (secondary N) is 2. The van der Waals surface area contributed by atoms with Crippen molar-refractivity contribution in [1.82, 2.24) is 60.5 Å². The molecule has 2 N–H and O–H groups in total. The molecular weight excluding hydrogens is 799 g/mol. The molecule has 0 bridgehead atoms. The van der Waals surface area contributed by atoms with Gasteiger partial charge in [0.05, 0.1) is 36.6 Å². The number of pyridine rings is 2. The summed E-state index contributed by atoms with van der Waals surface area (Å²) in [6, 6.07) is 9.36. The van der Waals surface area contributed by atoms with Gasteiger partial charge in [0.15, 0.2) is 23.3 Å². The average molecular weight is 841 g/mol. The Hall–Kier alpha value is -7.38. The van der Waals surface area contributed by atoms with Gasteiger partial charge in [0.2, 0.25) is 17.8 Å². The van der Waals surface area contributed by atoms with E-state index in [1.165, 1.54) is 18.2 Å². The zero-order valence-corrected chi connectivity index (χ0v) is 34.0. The van der Waals surface area contributed by atoms with Crippen LogP contribution in [0.25, 0.3) is 23.3 Å². The monoisotopic (exact) mass is 840 g/mol. The summed E-state index contributed by atoms with van der Waals surface area (Å²) in [5.74, 6) is 2.41. The lowest BCUT2D eigenvalue weighted by molar-refractivity contribution is -0.121. The first-order chi connectivity index (χ1) is 30.2. The molecule has 2 unspecified atom stereocenters. The molecule has 0 radical (unpaired) electrons. The van der Waals surface area contributed by atoms with Crippen LogP contribution in [0, 0.1) is 11.8 Å². The van der Waals surface area contributed by atoms with Crippen molar-refractivity contribution in [3.63, 3.8) is 0 Å². The third-order valence-electron chi connectivity index (χ3n) is 11.2. The van der Waals surface area contributed by atoms with Gasteiger partial charge in [-0.05, 0) is 26.0 Å². The Labute approximate surface area is 355 Å². The molecule has 10 rings (SSSR count). The minimum atomic E-state index is -0.565. The van der Waals surface area contributed by atoms with Crippen LogP contribution in [0.2, 0.25) is 0 Å². The summed E-state index contributed by atoms with van der Waals surface area (Å²) in [4.78, 5) is 75.1. The Morgan fingerprint density at radius 3 is 1.61 bits per heavy atom. The van der Waals surface area contributed by atoms with Crippen LogP contribution >= 0.6 is 0 Å². The van der Waals surface area contributed by atoms with Crippen molar-refractivity contribution in [2.24, 2.45) is 0 Å². The van der Waals surface area contributed by atoms with E-state index in [4.69, 9.17) is 0 Å². The number of piperazine rings is 2. The first kappa shape index (κ1) is 40.0. The van der Waals surface area contributed by atoms with E-state index in [0.29, 0.717) is 98.5 Å².